The van der Waals surface area contributed by atoms with E-state index in [1.54, 1.807) is 0 Å². The highest BCUT2D eigenvalue weighted by molar-refractivity contribution is 14.1. The molecule has 3 unspecified atom stereocenters. The third kappa shape index (κ3) is 0.827. The van der Waals surface area contributed by atoms with E-state index < -0.39 is 0 Å². The minimum Gasteiger partial charge on any atom is -0.327 e. The van der Waals surface area contributed by atoms with Crippen LogP contribution in [0.25, 0.3) is 0 Å². The van der Waals surface area contributed by atoms with Crippen LogP contribution in [0.15, 0.2) is 0 Å². The molecule has 0 aromatic rings. The average molecular weight is 237 g/mol. The van der Waals surface area contributed by atoms with Crippen molar-refractivity contribution < 1.29 is 0 Å². The van der Waals surface area contributed by atoms with Crippen molar-refractivity contribution in [2.75, 3.05) is 0 Å². The number of fused-ring (bicyclic) bond motifs is 1. The van der Waals surface area contributed by atoms with Gasteiger partial charge in [-0.25, -0.2) is 0 Å². The summed E-state index contributed by atoms with van der Waals surface area (Å²) in [6.07, 6.45) is 4.18. The topological polar surface area (TPSA) is 26.0 Å². The molecule has 2 saturated carbocycles. The number of rotatable bonds is 0. The third-order valence-electron chi connectivity index (χ3n) is 2.84. The normalized spacial score (nSPS) is 56.7. The summed E-state index contributed by atoms with van der Waals surface area (Å²) in [4.78, 5) is 0. The van der Waals surface area contributed by atoms with Gasteiger partial charge in [-0.15, -0.1) is 0 Å². The summed E-state index contributed by atoms with van der Waals surface area (Å²) in [7, 11) is 0. The molecule has 2 aliphatic carbocycles. The molecule has 0 aromatic carbocycles. The van der Waals surface area contributed by atoms with Crippen molar-refractivity contribution in [2.45, 2.75) is 29.2 Å². The van der Waals surface area contributed by atoms with E-state index in [9.17, 15) is 0 Å². The van der Waals surface area contributed by atoms with Crippen molar-refractivity contribution in [3.05, 3.63) is 0 Å². The first-order valence-corrected chi connectivity index (χ1v) is 4.93. The molecule has 4 atom stereocenters. The highest BCUT2D eigenvalue weighted by Crippen LogP contribution is 2.49. The predicted molar refractivity (Wildman–Crippen MR) is 46.6 cm³/mol. The molecule has 2 heteroatoms. The number of alkyl halides is 1. The maximum atomic E-state index is 5.85. The van der Waals surface area contributed by atoms with Crippen LogP contribution >= 0.6 is 22.6 Å². The molecule has 0 spiro atoms. The molecule has 0 aliphatic heterocycles. The van der Waals surface area contributed by atoms with Crippen LogP contribution in [-0.2, 0) is 0 Å². The molecule has 0 radical (unpaired) electrons. The van der Waals surface area contributed by atoms with E-state index in [1.807, 2.05) is 0 Å². The number of hydrogen-bond acceptors (Lipinski definition) is 1. The van der Waals surface area contributed by atoms with Crippen LogP contribution in [0.1, 0.15) is 19.3 Å². The maximum absolute atomic E-state index is 5.85. The quantitative estimate of drug-likeness (QED) is 0.502. The summed E-state index contributed by atoms with van der Waals surface area (Å²) in [5.41, 5.74) is 5.85. The van der Waals surface area contributed by atoms with Gasteiger partial charge in [-0.1, -0.05) is 22.6 Å². The van der Waals surface area contributed by atoms with Gasteiger partial charge in [0.25, 0.3) is 0 Å². The lowest BCUT2D eigenvalue weighted by atomic mass is 9.72. The number of halogens is 1. The zero-order chi connectivity index (χ0) is 6.43. The molecule has 0 bridgehead atoms. The fourth-order valence-corrected chi connectivity index (χ4v) is 3.74. The minimum atomic E-state index is 0.555. The van der Waals surface area contributed by atoms with E-state index in [-0.39, 0.29) is 0 Å². The molecule has 0 amide bonds. The molecule has 9 heavy (non-hydrogen) atoms. The Hall–Kier alpha value is 0.690. The highest BCUT2D eigenvalue weighted by Gasteiger charge is 2.46. The molecule has 0 aromatic heterocycles. The molecule has 0 heterocycles. The summed E-state index contributed by atoms with van der Waals surface area (Å²) < 4.78 is 0.899. The summed E-state index contributed by atoms with van der Waals surface area (Å²) in [5, 5.41) is 0. The Kier molecular flexibility index (Phi) is 1.49. The van der Waals surface area contributed by atoms with Gasteiger partial charge in [0, 0.05) is 9.97 Å². The van der Waals surface area contributed by atoms with Crippen molar-refractivity contribution >= 4 is 22.6 Å². The van der Waals surface area contributed by atoms with Gasteiger partial charge in [0.05, 0.1) is 0 Å². The molecule has 2 fully saturated rings. The second-order valence-corrected chi connectivity index (χ2v) is 4.93. The zero-order valence-corrected chi connectivity index (χ0v) is 7.54. The standard InChI is InChI=1S/C7H12IN/c8-5-2-1-4-3-6(9)7(4)5/h4-7H,1-3,9H2/t4?,5?,6-,7?/m0/s1. The van der Waals surface area contributed by atoms with Crippen LogP contribution in [0.5, 0.6) is 0 Å². The van der Waals surface area contributed by atoms with Gasteiger partial charge in [-0.3, -0.25) is 0 Å². The van der Waals surface area contributed by atoms with Gasteiger partial charge >= 0.3 is 0 Å². The van der Waals surface area contributed by atoms with Gasteiger partial charge in [0.2, 0.25) is 0 Å². The lowest BCUT2D eigenvalue weighted by molar-refractivity contribution is 0.180. The second-order valence-electron chi connectivity index (χ2n) is 3.33. The third-order valence-corrected chi connectivity index (χ3v) is 4.30. The van der Waals surface area contributed by atoms with Crippen LogP contribution < -0.4 is 5.73 Å². The average Bonchev–Trinajstić information content (AvgIpc) is 2.04. The van der Waals surface area contributed by atoms with Crippen molar-refractivity contribution in [1.29, 1.82) is 0 Å². The van der Waals surface area contributed by atoms with Gasteiger partial charge in [-0.2, -0.15) is 0 Å². The van der Waals surface area contributed by atoms with E-state index >= 15 is 0 Å². The molecule has 1 nitrogen and oxygen atoms in total. The van der Waals surface area contributed by atoms with Gasteiger partial charge in [-0.05, 0) is 31.1 Å². The second kappa shape index (κ2) is 2.09. The zero-order valence-electron chi connectivity index (χ0n) is 5.39. The van der Waals surface area contributed by atoms with Crippen LogP contribution in [0, 0.1) is 11.8 Å². The molecule has 2 N–H and O–H groups in total. The summed E-state index contributed by atoms with van der Waals surface area (Å²) in [5.74, 6) is 1.91. The molecular weight excluding hydrogens is 225 g/mol. The van der Waals surface area contributed by atoms with E-state index in [0.29, 0.717) is 6.04 Å². The van der Waals surface area contributed by atoms with Crippen molar-refractivity contribution in [3.8, 4) is 0 Å². The first-order chi connectivity index (χ1) is 4.29. The Labute approximate surface area is 69.5 Å². The lowest BCUT2D eigenvalue weighted by Crippen LogP contribution is -2.47. The summed E-state index contributed by atoms with van der Waals surface area (Å²) in [6.45, 7) is 0. The first-order valence-electron chi connectivity index (χ1n) is 3.68. The molecule has 2 rings (SSSR count). The fourth-order valence-electron chi connectivity index (χ4n) is 2.26. The highest BCUT2D eigenvalue weighted by atomic mass is 127. The monoisotopic (exact) mass is 237 g/mol. The van der Waals surface area contributed by atoms with E-state index in [2.05, 4.69) is 22.6 Å². The van der Waals surface area contributed by atoms with Gasteiger partial charge in [0.1, 0.15) is 0 Å². The van der Waals surface area contributed by atoms with Crippen LogP contribution in [0.3, 0.4) is 0 Å². The molecule has 2 aliphatic rings. The SMILES string of the molecule is N[C@H]1CC2CCC(I)C21. The molecular formula is C7H12IN. The van der Waals surface area contributed by atoms with Crippen LogP contribution in [-0.4, -0.2) is 9.97 Å². The first kappa shape index (κ1) is 6.40. The van der Waals surface area contributed by atoms with Gasteiger partial charge < -0.3 is 5.73 Å². The Morgan fingerprint density at radius 3 is 2.56 bits per heavy atom. The van der Waals surface area contributed by atoms with E-state index in [0.717, 1.165) is 15.8 Å². The Morgan fingerprint density at radius 1 is 1.33 bits per heavy atom. The fraction of sp³-hybridized carbons (Fsp3) is 1.00. The Morgan fingerprint density at radius 2 is 2.11 bits per heavy atom. The van der Waals surface area contributed by atoms with Crippen LogP contribution in [0.4, 0.5) is 0 Å². The summed E-state index contributed by atoms with van der Waals surface area (Å²) in [6, 6.07) is 0.555. The van der Waals surface area contributed by atoms with E-state index in [4.69, 9.17) is 5.73 Å². The molecule has 52 valence electrons. The molecule has 0 saturated heterocycles. The van der Waals surface area contributed by atoms with Crippen molar-refractivity contribution in [3.63, 3.8) is 0 Å². The van der Waals surface area contributed by atoms with E-state index in [1.165, 1.54) is 19.3 Å². The predicted octanol–water partition coefficient (Wildman–Crippen LogP) is 1.55. The Balaban J connectivity index is 2.06. The summed E-state index contributed by atoms with van der Waals surface area (Å²) >= 11 is 2.56. The minimum absolute atomic E-state index is 0.555. The largest absolute Gasteiger partial charge is 0.327 e. The van der Waals surface area contributed by atoms with Crippen molar-refractivity contribution in [2.24, 2.45) is 17.6 Å². The Bertz CT molecular complexity index is 117. The smallest absolute Gasteiger partial charge is 0.0155 e. The van der Waals surface area contributed by atoms with Crippen molar-refractivity contribution in [1.82, 2.24) is 0 Å². The number of nitrogens with two attached hydrogens (primary N) is 1. The van der Waals surface area contributed by atoms with Gasteiger partial charge in [0.15, 0.2) is 0 Å². The lowest BCUT2D eigenvalue weighted by Gasteiger charge is -2.39. The van der Waals surface area contributed by atoms with Crippen LogP contribution in [0.2, 0.25) is 0 Å². The number of hydrogen-bond donors (Lipinski definition) is 1. The maximum Gasteiger partial charge on any atom is 0.0155 e.